The van der Waals surface area contributed by atoms with Crippen molar-refractivity contribution in [1.29, 1.82) is 0 Å². The first-order chi connectivity index (χ1) is 8.79. The van der Waals surface area contributed by atoms with Gasteiger partial charge in [-0.05, 0) is 23.6 Å². The average molecular weight is 261 g/mol. The summed E-state index contributed by atoms with van der Waals surface area (Å²) in [4.78, 5) is 13.4. The maximum atomic E-state index is 11.3. The van der Waals surface area contributed by atoms with Gasteiger partial charge in [0.05, 0.1) is 5.92 Å². The summed E-state index contributed by atoms with van der Waals surface area (Å²) in [5.74, 6) is -0.865. The molecule has 1 heterocycles. The Labute approximate surface area is 115 Å². The van der Waals surface area contributed by atoms with Gasteiger partial charge in [0, 0.05) is 19.0 Å². The third-order valence-electron chi connectivity index (χ3n) is 4.02. The van der Waals surface area contributed by atoms with Gasteiger partial charge in [0.15, 0.2) is 0 Å². The summed E-state index contributed by atoms with van der Waals surface area (Å²) in [5.41, 5.74) is 2.57. The molecule has 3 heteroatoms. The summed E-state index contributed by atoms with van der Waals surface area (Å²) in [6.07, 6.45) is 0. The van der Waals surface area contributed by atoms with Crippen LogP contribution in [0.2, 0.25) is 0 Å². The van der Waals surface area contributed by atoms with Gasteiger partial charge in [-0.1, -0.05) is 45.0 Å². The predicted molar refractivity (Wildman–Crippen MR) is 76.5 cm³/mol. The molecule has 3 nitrogen and oxygen atoms in total. The number of carboxylic acids is 1. The molecular weight excluding hydrogens is 238 g/mol. The Morgan fingerprint density at radius 2 is 1.79 bits per heavy atom. The zero-order valence-corrected chi connectivity index (χ0v) is 12.2. The second kappa shape index (κ2) is 4.97. The number of hydrogen-bond acceptors (Lipinski definition) is 2. The lowest BCUT2D eigenvalue weighted by Crippen LogP contribution is -2.21. The summed E-state index contributed by atoms with van der Waals surface area (Å²) in [6.45, 7) is 8.02. The van der Waals surface area contributed by atoms with Crippen LogP contribution >= 0.6 is 0 Å². The largest absolute Gasteiger partial charge is 0.481 e. The second-order valence-electron chi connectivity index (χ2n) is 6.64. The Morgan fingerprint density at radius 3 is 2.26 bits per heavy atom. The lowest BCUT2D eigenvalue weighted by atomic mass is 9.83. The number of hydrogen-bond donors (Lipinski definition) is 1. The van der Waals surface area contributed by atoms with Crippen molar-refractivity contribution in [3.05, 3.63) is 35.4 Å². The molecule has 0 amide bonds. The van der Waals surface area contributed by atoms with Crippen molar-refractivity contribution >= 4 is 5.97 Å². The zero-order chi connectivity index (χ0) is 14.2. The van der Waals surface area contributed by atoms with Crippen molar-refractivity contribution < 1.29 is 9.90 Å². The summed E-state index contributed by atoms with van der Waals surface area (Å²) in [7, 11) is 1.99. The highest BCUT2D eigenvalue weighted by Crippen LogP contribution is 2.33. The van der Waals surface area contributed by atoms with Gasteiger partial charge in [-0.3, -0.25) is 4.79 Å². The first kappa shape index (κ1) is 14.1. The molecule has 2 unspecified atom stereocenters. The molecule has 2 atom stereocenters. The van der Waals surface area contributed by atoms with E-state index in [1.807, 2.05) is 7.05 Å². The number of carbonyl (C=O) groups is 1. The highest BCUT2D eigenvalue weighted by atomic mass is 16.4. The van der Waals surface area contributed by atoms with Gasteiger partial charge in [-0.15, -0.1) is 0 Å². The van der Waals surface area contributed by atoms with E-state index >= 15 is 0 Å². The lowest BCUT2D eigenvalue weighted by molar-refractivity contribution is -0.141. The van der Waals surface area contributed by atoms with E-state index in [-0.39, 0.29) is 17.3 Å². The molecule has 1 aliphatic heterocycles. The van der Waals surface area contributed by atoms with E-state index in [0.29, 0.717) is 6.54 Å². The summed E-state index contributed by atoms with van der Waals surface area (Å²) in [6, 6.07) is 8.46. The van der Waals surface area contributed by atoms with Crippen LogP contribution in [0.5, 0.6) is 0 Å². The number of likely N-dealkylation sites (tertiary alicyclic amines) is 1. The first-order valence-corrected chi connectivity index (χ1v) is 6.81. The highest BCUT2D eigenvalue weighted by molar-refractivity contribution is 5.72. The van der Waals surface area contributed by atoms with Gasteiger partial charge >= 0.3 is 5.97 Å². The molecule has 0 aliphatic carbocycles. The molecule has 0 aromatic heterocycles. The molecule has 1 fully saturated rings. The third-order valence-corrected chi connectivity index (χ3v) is 4.02. The van der Waals surface area contributed by atoms with Gasteiger partial charge in [-0.2, -0.15) is 0 Å². The van der Waals surface area contributed by atoms with Gasteiger partial charge in [0.1, 0.15) is 0 Å². The maximum absolute atomic E-state index is 11.3. The number of nitrogens with zero attached hydrogens (tertiary/aromatic N) is 1. The van der Waals surface area contributed by atoms with Crippen molar-refractivity contribution in [2.75, 3.05) is 20.1 Å². The Kier molecular flexibility index (Phi) is 3.68. The summed E-state index contributed by atoms with van der Waals surface area (Å²) >= 11 is 0. The zero-order valence-electron chi connectivity index (χ0n) is 12.2. The molecule has 1 aromatic rings. The van der Waals surface area contributed by atoms with Crippen LogP contribution in [0.4, 0.5) is 0 Å². The summed E-state index contributed by atoms with van der Waals surface area (Å²) < 4.78 is 0. The molecule has 0 spiro atoms. The van der Waals surface area contributed by atoms with E-state index in [0.717, 1.165) is 12.1 Å². The second-order valence-corrected chi connectivity index (χ2v) is 6.64. The molecule has 1 aliphatic rings. The van der Waals surface area contributed by atoms with Crippen LogP contribution in [0.25, 0.3) is 0 Å². The van der Waals surface area contributed by atoms with E-state index in [1.54, 1.807) is 0 Å². The van der Waals surface area contributed by atoms with Crippen LogP contribution in [0.1, 0.15) is 37.8 Å². The van der Waals surface area contributed by atoms with E-state index in [4.69, 9.17) is 0 Å². The normalized spacial score (nSPS) is 24.6. The molecule has 2 rings (SSSR count). The number of likely N-dealkylation sites (N-methyl/N-ethyl adjacent to an activating group) is 1. The van der Waals surface area contributed by atoms with Crippen LogP contribution in [0.15, 0.2) is 24.3 Å². The molecule has 1 aromatic carbocycles. The van der Waals surface area contributed by atoms with Gasteiger partial charge in [-0.25, -0.2) is 0 Å². The van der Waals surface area contributed by atoms with Crippen LogP contribution in [0.3, 0.4) is 0 Å². The maximum Gasteiger partial charge on any atom is 0.308 e. The van der Waals surface area contributed by atoms with E-state index < -0.39 is 5.97 Å². The fourth-order valence-electron chi connectivity index (χ4n) is 2.82. The van der Waals surface area contributed by atoms with Crippen molar-refractivity contribution in [3.63, 3.8) is 0 Å². The minimum Gasteiger partial charge on any atom is -0.481 e. The molecular formula is C16H23NO2. The average Bonchev–Trinajstić information content (AvgIpc) is 2.70. The van der Waals surface area contributed by atoms with Crippen molar-refractivity contribution in [3.8, 4) is 0 Å². The molecule has 104 valence electrons. The van der Waals surface area contributed by atoms with Gasteiger partial charge in [0.2, 0.25) is 0 Å². The molecule has 0 saturated carbocycles. The van der Waals surface area contributed by atoms with E-state index in [9.17, 15) is 9.90 Å². The SMILES string of the molecule is CN1CC(C(=O)O)C(c2ccc(C(C)(C)C)cc2)C1. The predicted octanol–water partition coefficient (Wildman–Crippen LogP) is 2.71. The fourth-order valence-corrected chi connectivity index (χ4v) is 2.82. The molecule has 19 heavy (non-hydrogen) atoms. The standard InChI is InChI=1S/C16H23NO2/c1-16(2,3)12-7-5-11(6-8-12)13-9-17(4)10-14(13)15(18)19/h5-8,13-14H,9-10H2,1-4H3,(H,18,19). The van der Waals surface area contributed by atoms with Crippen molar-refractivity contribution in [2.45, 2.75) is 32.1 Å². The van der Waals surface area contributed by atoms with E-state index in [2.05, 4.69) is 49.9 Å². The van der Waals surface area contributed by atoms with Crippen LogP contribution in [-0.4, -0.2) is 36.1 Å². The van der Waals surface area contributed by atoms with Crippen LogP contribution in [0, 0.1) is 5.92 Å². The molecule has 0 radical (unpaired) electrons. The number of aliphatic carboxylic acids is 1. The lowest BCUT2D eigenvalue weighted by Gasteiger charge is -2.21. The number of benzene rings is 1. The molecule has 1 saturated heterocycles. The topological polar surface area (TPSA) is 40.5 Å². The van der Waals surface area contributed by atoms with Gasteiger partial charge < -0.3 is 10.0 Å². The highest BCUT2D eigenvalue weighted by Gasteiger charge is 2.36. The smallest absolute Gasteiger partial charge is 0.308 e. The fraction of sp³-hybridized carbons (Fsp3) is 0.562. The van der Waals surface area contributed by atoms with Crippen LogP contribution < -0.4 is 0 Å². The molecule has 1 N–H and O–H groups in total. The van der Waals surface area contributed by atoms with Crippen LogP contribution in [-0.2, 0) is 10.2 Å². The monoisotopic (exact) mass is 261 g/mol. The Hall–Kier alpha value is -1.35. The van der Waals surface area contributed by atoms with Crippen molar-refractivity contribution in [1.82, 2.24) is 4.90 Å². The third kappa shape index (κ3) is 2.98. The van der Waals surface area contributed by atoms with Crippen molar-refractivity contribution in [2.24, 2.45) is 5.92 Å². The number of rotatable bonds is 2. The Morgan fingerprint density at radius 1 is 1.21 bits per heavy atom. The quantitative estimate of drug-likeness (QED) is 0.890. The van der Waals surface area contributed by atoms with Gasteiger partial charge in [0.25, 0.3) is 0 Å². The summed E-state index contributed by atoms with van der Waals surface area (Å²) in [5, 5.41) is 9.32. The Bertz CT molecular complexity index is 459. The first-order valence-electron chi connectivity index (χ1n) is 6.81. The minimum atomic E-state index is -0.686. The van der Waals surface area contributed by atoms with E-state index in [1.165, 1.54) is 5.56 Å². The Balaban J connectivity index is 2.24. The number of carboxylic acid groups (broad SMARTS) is 1. The molecule has 0 bridgehead atoms. The minimum absolute atomic E-state index is 0.108.